The highest BCUT2D eigenvalue weighted by atomic mass is 79.9. The number of hydrogen-bond donors (Lipinski definition) is 2. The van der Waals surface area contributed by atoms with Crippen LogP contribution in [-0.4, -0.2) is 18.5 Å². The van der Waals surface area contributed by atoms with Gasteiger partial charge in [0.15, 0.2) is 0 Å². The average Bonchev–Trinajstić information content (AvgIpc) is 2.30. The first-order chi connectivity index (χ1) is 8.04. The summed E-state index contributed by atoms with van der Waals surface area (Å²) in [6.45, 7) is 6.65. The number of nitrogens with one attached hydrogen (secondary N) is 2. The number of halogens is 1. The maximum Gasteiger partial charge on any atom is 0.242 e. The Balaban J connectivity index is 2.58. The Morgan fingerprint density at radius 1 is 1.47 bits per heavy atom. The number of benzene rings is 1. The van der Waals surface area contributed by atoms with Crippen molar-refractivity contribution in [2.75, 3.05) is 11.9 Å². The van der Waals surface area contributed by atoms with Crippen LogP contribution in [0.4, 0.5) is 5.69 Å². The smallest absolute Gasteiger partial charge is 0.242 e. The van der Waals surface area contributed by atoms with Gasteiger partial charge in [0.05, 0.1) is 0 Å². The van der Waals surface area contributed by atoms with Gasteiger partial charge in [-0.1, -0.05) is 22.9 Å². The van der Waals surface area contributed by atoms with Gasteiger partial charge in [0.2, 0.25) is 5.91 Å². The fourth-order valence-electron chi connectivity index (χ4n) is 1.45. The highest BCUT2D eigenvalue weighted by Gasteiger charge is 2.11. The first kappa shape index (κ1) is 14.0. The number of amides is 1. The van der Waals surface area contributed by atoms with E-state index in [1.165, 1.54) is 0 Å². The van der Waals surface area contributed by atoms with Gasteiger partial charge in [0.25, 0.3) is 0 Å². The summed E-state index contributed by atoms with van der Waals surface area (Å²) in [4.78, 5) is 11.7. The minimum atomic E-state index is -0.220. The molecule has 1 rings (SSSR count). The predicted octanol–water partition coefficient (Wildman–Crippen LogP) is 3.08. The number of rotatable bonds is 5. The van der Waals surface area contributed by atoms with Crippen LogP contribution in [0.3, 0.4) is 0 Å². The molecule has 3 nitrogen and oxygen atoms in total. The fraction of sp³-hybridized carbons (Fsp3) is 0.462. The summed E-state index contributed by atoms with van der Waals surface area (Å²) < 4.78 is 1.08. The summed E-state index contributed by atoms with van der Waals surface area (Å²) in [5.74, 6) is 0.0346. The van der Waals surface area contributed by atoms with Gasteiger partial charge in [0, 0.05) is 16.7 Å². The lowest BCUT2D eigenvalue weighted by Gasteiger charge is -2.15. The van der Waals surface area contributed by atoms with E-state index in [-0.39, 0.29) is 11.9 Å². The molecule has 2 N–H and O–H groups in total. The molecular formula is C13H19BrN2O. The van der Waals surface area contributed by atoms with Crippen LogP contribution in [0.25, 0.3) is 0 Å². The molecular weight excluding hydrogens is 280 g/mol. The van der Waals surface area contributed by atoms with Crippen LogP contribution in [0, 0.1) is 6.92 Å². The zero-order valence-electron chi connectivity index (χ0n) is 10.5. The van der Waals surface area contributed by atoms with Gasteiger partial charge < -0.3 is 10.6 Å². The van der Waals surface area contributed by atoms with Gasteiger partial charge in [0.1, 0.15) is 6.04 Å². The van der Waals surface area contributed by atoms with E-state index < -0.39 is 0 Å². The van der Waals surface area contributed by atoms with Crippen molar-refractivity contribution in [1.29, 1.82) is 0 Å². The second-order valence-corrected chi connectivity index (χ2v) is 4.98. The summed E-state index contributed by atoms with van der Waals surface area (Å²) in [7, 11) is 0. The molecule has 17 heavy (non-hydrogen) atoms. The molecule has 0 heterocycles. The van der Waals surface area contributed by atoms with Gasteiger partial charge in [-0.2, -0.15) is 0 Å². The van der Waals surface area contributed by atoms with Gasteiger partial charge in [-0.3, -0.25) is 4.79 Å². The predicted molar refractivity (Wildman–Crippen MR) is 75.3 cm³/mol. The third-order valence-electron chi connectivity index (χ3n) is 2.48. The largest absolute Gasteiger partial charge is 0.374 e. The first-order valence-corrected chi connectivity index (χ1v) is 6.64. The molecule has 0 aliphatic carbocycles. The van der Waals surface area contributed by atoms with Crippen molar-refractivity contribution in [3.8, 4) is 0 Å². The zero-order valence-corrected chi connectivity index (χ0v) is 12.1. The van der Waals surface area contributed by atoms with Crippen LogP contribution in [0.2, 0.25) is 0 Å². The Morgan fingerprint density at radius 2 is 2.18 bits per heavy atom. The van der Waals surface area contributed by atoms with Crippen LogP contribution < -0.4 is 10.6 Å². The molecule has 0 saturated carbocycles. The Labute approximate surface area is 111 Å². The molecule has 1 aromatic rings. The number of hydrogen-bond acceptors (Lipinski definition) is 2. The molecule has 4 heteroatoms. The molecule has 0 aromatic heterocycles. The molecule has 1 amide bonds. The van der Waals surface area contributed by atoms with Crippen LogP contribution in [0.1, 0.15) is 25.8 Å². The number of carbonyl (C=O) groups is 1. The topological polar surface area (TPSA) is 41.1 Å². The lowest BCUT2D eigenvalue weighted by atomic mass is 10.2. The minimum Gasteiger partial charge on any atom is -0.374 e. The van der Waals surface area contributed by atoms with Crippen molar-refractivity contribution >= 4 is 27.5 Å². The number of carbonyl (C=O) groups excluding carboxylic acids is 1. The molecule has 1 atom stereocenters. The Morgan fingerprint density at radius 3 is 2.76 bits per heavy atom. The van der Waals surface area contributed by atoms with E-state index in [0.717, 1.165) is 28.7 Å². The van der Waals surface area contributed by atoms with Gasteiger partial charge in [-0.25, -0.2) is 0 Å². The third kappa shape index (κ3) is 4.38. The number of anilines is 1. The van der Waals surface area contributed by atoms with E-state index in [2.05, 4.69) is 26.6 Å². The molecule has 94 valence electrons. The SMILES string of the molecule is CCCNC(=O)C(C)Nc1ccc(Br)c(C)c1. The Kier molecular flexibility index (Phi) is 5.48. The summed E-state index contributed by atoms with van der Waals surface area (Å²) in [5, 5.41) is 6.05. The maximum absolute atomic E-state index is 11.7. The average molecular weight is 299 g/mol. The summed E-state index contributed by atoms with van der Waals surface area (Å²) in [6.07, 6.45) is 0.954. The molecule has 1 aromatic carbocycles. The van der Waals surface area contributed by atoms with Gasteiger partial charge in [-0.05, 0) is 44.0 Å². The third-order valence-corrected chi connectivity index (χ3v) is 3.37. The maximum atomic E-state index is 11.7. The summed E-state index contributed by atoms with van der Waals surface area (Å²) in [6, 6.07) is 5.74. The van der Waals surface area contributed by atoms with Gasteiger partial charge in [-0.15, -0.1) is 0 Å². The van der Waals surface area contributed by atoms with E-state index >= 15 is 0 Å². The molecule has 0 saturated heterocycles. The molecule has 0 bridgehead atoms. The van der Waals surface area contributed by atoms with E-state index in [0.29, 0.717) is 0 Å². The van der Waals surface area contributed by atoms with Crippen LogP contribution in [0.5, 0.6) is 0 Å². The lowest BCUT2D eigenvalue weighted by Crippen LogP contribution is -2.37. The normalized spacial score (nSPS) is 12.0. The van der Waals surface area contributed by atoms with E-state index in [1.54, 1.807) is 0 Å². The fourth-order valence-corrected chi connectivity index (χ4v) is 1.70. The van der Waals surface area contributed by atoms with E-state index in [9.17, 15) is 4.79 Å². The van der Waals surface area contributed by atoms with E-state index in [1.807, 2.05) is 39.0 Å². The second-order valence-electron chi connectivity index (χ2n) is 4.12. The highest BCUT2D eigenvalue weighted by molar-refractivity contribution is 9.10. The molecule has 0 spiro atoms. The molecule has 0 radical (unpaired) electrons. The first-order valence-electron chi connectivity index (χ1n) is 5.85. The highest BCUT2D eigenvalue weighted by Crippen LogP contribution is 2.20. The second kappa shape index (κ2) is 6.64. The minimum absolute atomic E-state index is 0.0346. The lowest BCUT2D eigenvalue weighted by molar-refractivity contribution is -0.121. The molecule has 0 aliphatic heterocycles. The van der Waals surface area contributed by atoms with E-state index in [4.69, 9.17) is 0 Å². The summed E-state index contributed by atoms with van der Waals surface area (Å²) in [5.41, 5.74) is 2.11. The van der Waals surface area contributed by atoms with Crippen molar-refractivity contribution in [3.63, 3.8) is 0 Å². The molecule has 0 aliphatic rings. The van der Waals surface area contributed by atoms with Crippen LogP contribution in [-0.2, 0) is 4.79 Å². The van der Waals surface area contributed by atoms with Gasteiger partial charge >= 0.3 is 0 Å². The quantitative estimate of drug-likeness (QED) is 0.877. The zero-order chi connectivity index (χ0) is 12.8. The molecule has 1 unspecified atom stereocenters. The van der Waals surface area contributed by atoms with Crippen molar-refractivity contribution in [2.45, 2.75) is 33.2 Å². The van der Waals surface area contributed by atoms with Crippen LogP contribution in [0.15, 0.2) is 22.7 Å². The summed E-state index contributed by atoms with van der Waals surface area (Å²) >= 11 is 3.45. The number of aryl methyl sites for hydroxylation is 1. The standard InChI is InChI=1S/C13H19BrN2O/c1-4-7-15-13(17)10(3)16-11-5-6-12(14)9(2)8-11/h5-6,8,10,16H,4,7H2,1-3H3,(H,15,17). The Bertz CT molecular complexity index is 393. The molecule has 0 fully saturated rings. The van der Waals surface area contributed by atoms with Crippen LogP contribution >= 0.6 is 15.9 Å². The monoisotopic (exact) mass is 298 g/mol. The van der Waals surface area contributed by atoms with Crippen molar-refractivity contribution in [1.82, 2.24) is 5.32 Å². The van der Waals surface area contributed by atoms with Crippen molar-refractivity contribution in [2.24, 2.45) is 0 Å². The van der Waals surface area contributed by atoms with Crippen molar-refractivity contribution < 1.29 is 4.79 Å². The Hall–Kier alpha value is -1.03. The van der Waals surface area contributed by atoms with Crippen molar-refractivity contribution in [3.05, 3.63) is 28.2 Å².